The topological polar surface area (TPSA) is 62.7 Å². The van der Waals surface area contributed by atoms with Gasteiger partial charge in [-0.25, -0.2) is 0 Å². The zero-order valence-corrected chi connectivity index (χ0v) is 12.8. The Balaban J connectivity index is 1.73. The molecular formula is C17H20N4O. The number of nitrogens with one attached hydrogen (secondary N) is 2. The van der Waals surface area contributed by atoms with Crippen molar-refractivity contribution in [1.82, 2.24) is 20.1 Å². The standard InChI is InChI=1S/C17H20N4O/c1-3-14(16-8-9-19-21(16)2)20-17(22)10-12-11-18-15-7-5-4-6-13(12)15/h4-9,11,14,18H,3,10H2,1-2H3,(H,20,22). The summed E-state index contributed by atoms with van der Waals surface area (Å²) in [6.45, 7) is 2.06. The van der Waals surface area contributed by atoms with Gasteiger partial charge in [-0.2, -0.15) is 5.10 Å². The molecule has 5 nitrogen and oxygen atoms in total. The first-order valence-electron chi connectivity index (χ1n) is 7.51. The Bertz CT molecular complexity index is 787. The van der Waals surface area contributed by atoms with E-state index in [9.17, 15) is 4.79 Å². The largest absolute Gasteiger partial charge is 0.361 e. The van der Waals surface area contributed by atoms with Crippen LogP contribution in [0.4, 0.5) is 0 Å². The van der Waals surface area contributed by atoms with Crippen molar-refractivity contribution >= 4 is 16.8 Å². The number of aryl methyl sites for hydroxylation is 1. The van der Waals surface area contributed by atoms with Crippen LogP contribution >= 0.6 is 0 Å². The summed E-state index contributed by atoms with van der Waals surface area (Å²) in [5.74, 6) is 0.0257. The predicted octanol–water partition coefficient (Wildman–Crippen LogP) is 2.71. The quantitative estimate of drug-likeness (QED) is 0.760. The Kier molecular flexibility index (Phi) is 3.96. The molecule has 0 spiro atoms. The molecule has 0 bridgehead atoms. The smallest absolute Gasteiger partial charge is 0.225 e. The number of carbonyl (C=O) groups is 1. The summed E-state index contributed by atoms with van der Waals surface area (Å²) in [6, 6.07) is 9.96. The van der Waals surface area contributed by atoms with Crippen molar-refractivity contribution in [1.29, 1.82) is 0 Å². The van der Waals surface area contributed by atoms with Crippen molar-refractivity contribution in [2.24, 2.45) is 7.05 Å². The van der Waals surface area contributed by atoms with Crippen LogP contribution in [0.3, 0.4) is 0 Å². The van der Waals surface area contributed by atoms with Gasteiger partial charge in [0.15, 0.2) is 0 Å². The predicted molar refractivity (Wildman–Crippen MR) is 86.4 cm³/mol. The van der Waals surface area contributed by atoms with Gasteiger partial charge in [0, 0.05) is 30.3 Å². The molecule has 0 saturated carbocycles. The summed E-state index contributed by atoms with van der Waals surface area (Å²) in [5.41, 5.74) is 3.10. The van der Waals surface area contributed by atoms with E-state index in [1.807, 2.05) is 43.6 Å². The van der Waals surface area contributed by atoms with Crippen LogP contribution in [0.25, 0.3) is 10.9 Å². The van der Waals surface area contributed by atoms with Gasteiger partial charge in [-0.1, -0.05) is 25.1 Å². The molecule has 0 aliphatic carbocycles. The highest BCUT2D eigenvalue weighted by molar-refractivity contribution is 5.88. The average molecular weight is 296 g/mol. The van der Waals surface area contributed by atoms with Crippen molar-refractivity contribution in [3.63, 3.8) is 0 Å². The first-order chi connectivity index (χ1) is 10.7. The molecule has 2 heterocycles. The number of H-pyrrole nitrogens is 1. The van der Waals surface area contributed by atoms with Gasteiger partial charge in [0.25, 0.3) is 0 Å². The molecule has 0 fully saturated rings. The van der Waals surface area contributed by atoms with E-state index in [-0.39, 0.29) is 11.9 Å². The van der Waals surface area contributed by atoms with Crippen molar-refractivity contribution in [3.05, 3.63) is 54.0 Å². The lowest BCUT2D eigenvalue weighted by molar-refractivity contribution is -0.121. The summed E-state index contributed by atoms with van der Waals surface area (Å²) < 4.78 is 1.81. The van der Waals surface area contributed by atoms with E-state index in [1.54, 1.807) is 10.9 Å². The molecule has 3 rings (SSSR count). The van der Waals surface area contributed by atoms with E-state index in [0.29, 0.717) is 6.42 Å². The van der Waals surface area contributed by atoms with E-state index in [4.69, 9.17) is 0 Å². The van der Waals surface area contributed by atoms with Gasteiger partial charge in [-0.05, 0) is 24.1 Å². The molecule has 1 atom stereocenters. The number of carbonyl (C=O) groups excluding carboxylic acids is 1. The summed E-state index contributed by atoms with van der Waals surface area (Å²) in [6.07, 6.45) is 4.87. The van der Waals surface area contributed by atoms with Crippen LogP contribution in [0.15, 0.2) is 42.7 Å². The van der Waals surface area contributed by atoms with Gasteiger partial charge in [-0.3, -0.25) is 9.48 Å². The number of para-hydroxylation sites is 1. The minimum absolute atomic E-state index is 0.00907. The highest BCUT2D eigenvalue weighted by Gasteiger charge is 2.16. The third kappa shape index (κ3) is 2.74. The number of hydrogen-bond donors (Lipinski definition) is 2. The Morgan fingerprint density at radius 1 is 1.36 bits per heavy atom. The maximum Gasteiger partial charge on any atom is 0.225 e. The zero-order chi connectivity index (χ0) is 15.5. The van der Waals surface area contributed by atoms with Gasteiger partial charge in [0.1, 0.15) is 0 Å². The Labute approximate surface area is 129 Å². The van der Waals surface area contributed by atoms with E-state index in [1.165, 1.54) is 0 Å². The Morgan fingerprint density at radius 3 is 2.91 bits per heavy atom. The second-order valence-electron chi connectivity index (χ2n) is 5.44. The molecule has 1 unspecified atom stereocenters. The first kappa shape index (κ1) is 14.4. The van der Waals surface area contributed by atoms with Crippen LogP contribution in [0.2, 0.25) is 0 Å². The lowest BCUT2D eigenvalue weighted by Gasteiger charge is -2.17. The molecule has 0 aliphatic heterocycles. The van der Waals surface area contributed by atoms with Gasteiger partial charge < -0.3 is 10.3 Å². The number of nitrogens with zero attached hydrogens (tertiary/aromatic N) is 2. The van der Waals surface area contributed by atoms with Gasteiger partial charge >= 0.3 is 0 Å². The summed E-state index contributed by atoms with van der Waals surface area (Å²) in [5, 5.41) is 8.37. The summed E-state index contributed by atoms with van der Waals surface area (Å²) >= 11 is 0. The summed E-state index contributed by atoms with van der Waals surface area (Å²) in [4.78, 5) is 15.6. The zero-order valence-electron chi connectivity index (χ0n) is 12.8. The first-order valence-corrected chi connectivity index (χ1v) is 7.51. The second-order valence-corrected chi connectivity index (χ2v) is 5.44. The Hall–Kier alpha value is -2.56. The van der Waals surface area contributed by atoms with Gasteiger partial charge in [-0.15, -0.1) is 0 Å². The molecule has 0 aliphatic rings. The van der Waals surface area contributed by atoms with E-state index < -0.39 is 0 Å². The highest BCUT2D eigenvalue weighted by Crippen LogP contribution is 2.19. The van der Waals surface area contributed by atoms with E-state index in [0.717, 1.165) is 28.6 Å². The van der Waals surface area contributed by atoms with Crippen LogP contribution < -0.4 is 5.32 Å². The number of fused-ring (bicyclic) bond motifs is 1. The SMILES string of the molecule is CCC(NC(=O)Cc1c[nH]c2ccccc12)c1ccnn1C. The molecule has 3 aromatic rings. The number of amides is 1. The van der Waals surface area contributed by atoms with Crippen molar-refractivity contribution in [3.8, 4) is 0 Å². The molecule has 0 saturated heterocycles. The highest BCUT2D eigenvalue weighted by atomic mass is 16.1. The monoisotopic (exact) mass is 296 g/mol. The fourth-order valence-corrected chi connectivity index (χ4v) is 2.81. The lowest BCUT2D eigenvalue weighted by Crippen LogP contribution is -2.30. The van der Waals surface area contributed by atoms with Crippen molar-refractivity contribution in [2.75, 3.05) is 0 Å². The molecule has 0 radical (unpaired) electrons. The molecule has 2 N–H and O–H groups in total. The Morgan fingerprint density at radius 2 is 2.18 bits per heavy atom. The maximum atomic E-state index is 12.4. The number of benzene rings is 1. The van der Waals surface area contributed by atoms with E-state index >= 15 is 0 Å². The third-order valence-corrected chi connectivity index (χ3v) is 3.99. The lowest BCUT2D eigenvalue weighted by atomic mass is 10.1. The van der Waals surface area contributed by atoms with Crippen LogP contribution in [-0.2, 0) is 18.3 Å². The number of rotatable bonds is 5. The van der Waals surface area contributed by atoms with Gasteiger partial charge in [0.05, 0.1) is 18.2 Å². The molecule has 5 heteroatoms. The molecule has 22 heavy (non-hydrogen) atoms. The van der Waals surface area contributed by atoms with Gasteiger partial charge in [0.2, 0.25) is 5.91 Å². The summed E-state index contributed by atoms with van der Waals surface area (Å²) in [7, 11) is 1.89. The average Bonchev–Trinajstić information content (AvgIpc) is 3.12. The number of hydrogen-bond acceptors (Lipinski definition) is 2. The fourth-order valence-electron chi connectivity index (χ4n) is 2.81. The molecule has 114 valence electrons. The third-order valence-electron chi connectivity index (χ3n) is 3.99. The molecule has 1 aromatic carbocycles. The van der Waals surface area contributed by atoms with Crippen LogP contribution in [0.5, 0.6) is 0 Å². The van der Waals surface area contributed by atoms with Crippen LogP contribution in [0, 0.1) is 0 Å². The minimum atomic E-state index is -0.00907. The second kappa shape index (κ2) is 6.05. The number of aromatic amines is 1. The maximum absolute atomic E-state index is 12.4. The normalized spacial score (nSPS) is 12.5. The number of aromatic nitrogens is 3. The van der Waals surface area contributed by atoms with E-state index in [2.05, 4.69) is 22.3 Å². The molecular weight excluding hydrogens is 276 g/mol. The van der Waals surface area contributed by atoms with Crippen molar-refractivity contribution < 1.29 is 4.79 Å². The molecule has 2 aromatic heterocycles. The van der Waals surface area contributed by atoms with Crippen LogP contribution in [-0.4, -0.2) is 20.7 Å². The minimum Gasteiger partial charge on any atom is -0.361 e. The fraction of sp³-hybridized carbons (Fsp3) is 0.294. The van der Waals surface area contributed by atoms with Crippen LogP contribution in [0.1, 0.15) is 30.6 Å². The van der Waals surface area contributed by atoms with Crippen molar-refractivity contribution in [2.45, 2.75) is 25.8 Å². The molecule has 1 amide bonds.